The molecule has 0 fully saturated rings. The third-order valence-electron chi connectivity index (χ3n) is 3.54. The van der Waals surface area contributed by atoms with E-state index in [1.54, 1.807) is 11.3 Å². The van der Waals surface area contributed by atoms with E-state index in [1.165, 1.54) is 5.56 Å². The first-order chi connectivity index (χ1) is 11.2. The number of carbonyl (C=O) groups is 1. The Morgan fingerprint density at radius 3 is 2.57 bits per heavy atom. The predicted octanol–water partition coefficient (Wildman–Crippen LogP) is 3.97. The van der Waals surface area contributed by atoms with E-state index in [-0.39, 0.29) is 5.91 Å². The van der Waals surface area contributed by atoms with Gasteiger partial charge in [0.1, 0.15) is 0 Å². The molecule has 3 aromatic rings. The molecule has 0 spiro atoms. The second kappa shape index (κ2) is 7.20. The van der Waals surface area contributed by atoms with Crippen LogP contribution in [0, 0.1) is 6.92 Å². The molecule has 0 aliphatic rings. The van der Waals surface area contributed by atoms with Gasteiger partial charge in [0.15, 0.2) is 0 Å². The number of aromatic nitrogens is 1. The van der Waals surface area contributed by atoms with E-state index in [4.69, 9.17) is 0 Å². The quantitative estimate of drug-likeness (QED) is 0.772. The number of amides is 1. The molecule has 1 heterocycles. The number of hydrogen-bond acceptors (Lipinski definition) is 3. The molecule has 3 rings (SSSR count). The number of aryl methyl sites for hydroxylation is 1. The Morgan fingerprint density at radius 1 is 1.09 bits per heavy atom. The number of hydrogen-bond donors (Lipinski definition) is 1. The minimum Gasteiger partial charge on any atom is -0.346 e. The van der Waals surface area contributed by atoms with Crippen molar-refractivity contribution in [1.82, 2.24) is 10.3 Å². The average molecular weight is 322 g/mol. The van der Waals surface area contributed by atoms with Gasteiger partial charge in [-0.2, -0.15) is 0 Å². The van der Waals surface area contributed by atoms with E-state index in [0.717, 1.165) is 22.7 Å². The first kappa shape index (κ1) is 15.4. The van der Waals surface area contributed by atoms with Crippen molar-refractivity contribution in [3.05, 3.63) is 87.4 Å². The zero-order valence-corrected chi connectivity index (χ0v) is 13.8. The highest BCUT2D eigenvalue weighted by Crippen LogP contribution is 2.15. The highest BCUT2D eigenvalue weighted by molar-refractivity contribution is 7.09. The lowest BCUT2D eigenvalue weighted by Gasteiger charge is -2.03. The first-order valence-corrected chi connectivity index (χ1v) is 8.41. The van der Waals surface area contributed by atoms with Crippen LogP contribution in [-0.4, -0.2) is 10.9 Å². The Kier molecular flexibility index (Phi) is 4.83. The van der Waals surface area contributed by atoms with Crippen molar-refractivity contribution in [2.75, 3.05) is 0 Å². The smallest absolute Gasteiger partial charge is 0.251 e. The van der Waals surface area contributed by atoms with Crippen LogP contribution in [0.4, 0.5) is 0 Å². The largest absolute Gasteiger partial charge is 0.346 e. The summed E-state index contributed by atoms with van der Waals surface area (Å²) in [6, 6.07) is 17.8. The van der Waals surface area contributed by atoms with Crippen LogP contribution in [0.15, 0.2) is 60.0 Å². The van der Waals surface area contributed by atoms with Crippen LogP contribution < -0.4 is 5.32 Å². The van der Waals surface area contributed by atoms with E-state index in [9.17, 15) is 4.79 Å². The normalized spacial score (nSPS) is 10.5. The Morgan fingerprint density at radius 2 is 1.83 bits per heavy atom. The Labute approximate surface area is 140 Å². The van der Waals surface area contributed by atoms with Gasteiger partial charge in [0.25, 0.3) is 5.91 Å². The molecule has 23 heavy (non-hydrogen) atoms. The zero-order valence-electron chi connectivity index (χ0n) is 13.0. The number of thiazole rings is 1. The molecule has 0 saturated heterocycles. The Bertz CT molecular complexity index is 779. The van der Waals surface area contributed by atoms with Crippen molar-refractivity contribution in [1.29, 1.82) is 0 Å². The van der Waals surface area contributed by atoms with E-state index in [0.29, 0.717) is 12.1 Å². The maximum atomic E-state index is 12.1. The van der Waals surface area contributed by atoms with Crippen molar-refractivity contribution in [3.8, 4) is 0 Å². The van der Waals surface area contributed by atoms with Crippen molar-refractivity contribution >= 4 is 17.2 Å². The maximum absolute atomic E-state index is 12.1. The third kappa shape index (κ3) is 4.27. The molecule has 1 amide bonds. The lowest BCUT2D eigenvalue weighted by molar-refractivity contribution is 0.0950. The zero-order chi connectivity index (χ0) is 16.1. The number of carbonyl (C=O) groups excluding carboxylic acids is 1. The molecule has 4 heteroatoms. The fourth-order valence-electron chi connectivity index (χ4n) is 2.26. The summed E-state index contributed by atoms with van der Waals surface area (Å²) in [6.45, 7) is 2.46. The molecule has 0 saturated carbocycles. The topological polar surface area (TPSA) is 42.0 Å². The van der Waals surface area contributed by atoms with Gasteiger partial charge in [-0.05, 0) is 24.6 Å². The van der Waals surface area contributed by atoms with Gasteiger partial charge in [-0.3, -0.25) is 4.79 Å². The molecule has 2 aromatic carbocycles. The molecule has 3 nitrogen and oxygen atoms in total. The standard InChI is InChI=1S/C19H18N2OS/c1-14-7-9-16(10-8-14)19(22)20-12-17-13-23-18(21-17)11-15-5-3-2-4-6-15/h2-10,13H,11-12H2,1H3,(H,20,22). The van der Waals surface area contributed by atoms with Crippen molar-refractivity contribution in [3.63, 3.8) is 0 Å². The minimum atomic E-state index is -0.0670. The number of nitrogens with one attached hydrogen (secondary N) is 1. The molecule has 1 aromatic heterocycles. The second-order valence-corrected chi connectivity index (χ2v) is 6.39. The molecule has 0 radical (unpaired) electrons. The van der Waals surface area contributed by atoms with Crippen molar-refractivity contribution in [2.45, 2.75) is 19.9 Å². The maximum Gasteiger partial charge on any atom is 0.251 e. The highest BCUT2D eigenvalue weighted by atomic mass is 32.1. The summed E-state index contributed by atoms with van der Waals surface area (Å²) in [5.74, 6) is -0.0670. The fourth-order valence-corrected chi connectivity index (χ4v) is 3.09. The molecule has 1 N–H and O–H groups in total. The molecular formula is C19H18N2OS. The van der Waals surface area contributed by atoms with Gasteiger partial charge in [-0.1, -0.05) is 48.0 Å². The predicted molar refractivity (Wildman–Crippen MR) is 93.7 cm³/mol. The summed E-state index contributed by atoms with van der Waals surface area (Å²) < 4.78 is 0. The van der Waals surface area contributed by atoms with Gasteiger partial charge < -0.3 is 5.32 Å². The monoisotopic (exact) mass is 322 g/mol. The molecule has 0 aliphatic heterocycles. The van der Waals surface area contributed by atoms with Gasteiger partial charge in [-0.25, -0.2) is 4.98 Å². The van der Waals surface area contributed by atoms with E-state index in [2.05, 4.69) is 22.4 Å². The summed E-state index contributed by atoms with van der Waals surface area (Å²) in [6.07, 6.45) is 0.831. The van der Waals surface area contributed by atoms with Gasteiger partial charge >= 0.3 is 0 Å². The Hall–Kier alpha value is -2.46. The molecule has 116 valence electrons. The molecule has 0 atom stereocenters. The average Bonchev–Trinajstić information content (AvgIpc) is 3.02. The first-order valence-electron chi connectivity index (χ1n) is 7.53. The number of benzene rings is 2. The fraction of sp³-hybridized carbons (Fsp3) is 0.158. The summed E-state index contributed by atoms with van der Waals surface area (Å²) in [4.78, 5) is 16.7. The SMILES string of the molecule is Cc1ccc(C(=O)NCc2csc(Cc3ccccc3)n2)cc1. The Balaban J connectivity index is 1.57. The molecule has 0 aliphatic carbocycles. The van der Waals surface area contributed by atoms with E-state index >= 15 is 0 Å². The second-order valence-electron chi connectivity index (χ2n) is 5.44. The van der Waals surface area contributed by atoms with Gasteiger partial charge in [0.2, 0.25) is 0 Å². The third-order valence-corrected chi connectivity index (χ3v) is 4.44. The molecular weight excluding hydrogens is 304 g/mol. The summed E-state index contributed by atoms with van der Waals surface area (Å²) in [5, 5.41) is 5.99. The van der Waals surface area contributed by atoms with Crippen LogP contribution in [-0.2, 0) is 13.0 Å². The highest BCUT2D eigenvalue weighted by Gasteiger charge is 2.07. The van der Waals surface area contributed by atoms with Crippen LogP contribution in [0.2, 0.25) is 0 Å². The van der Waals surface area contributed by atoms with Gasteiger partial charge in [0, 0.05) is 17.4 Å². The van der Waals surface area contributed by atoms with Crippen LogP contribution >= 0.6 is 11.3 Å². The van der Waals surface area contributed by atoms with Crippen LogP contribution in [0.3, 0.4) is 0 Å². The lowest BCUT2D eigenvalue weighted by Crippen LogP contribution is -2.22. The van der Waals surface area contributed by atoms with Gasteiger partial charge in [0.05, 0.1) is 17.2 Å². The van der Waals surface area contributed by atoms with Crippen molar-refractivity contribution < 1.29 is 4.79 Å². The minimum absolute atomic E-state index is 0.0670. The summed E-state index contributed by atoms with van der Waals surface area (Å²) in [5.41, 5.74) is 3.97. The van der Waals surface area contributed by atoms with E-state index in [1.807, 2.05) is 54.8 Å². The van der Waals surface area contributed by atoms with E-state index < -0.39 is 0 Å². The molecule has 0 unspecified atom stereocenters. The summed E-state index contributed by atoms with van der Waals surface area (Å²) >= 11 is 1.63. The summed E-state index contributed by atoms with van der Waals surface area (Å²) in [7, 11) is 0. The number of nitrogens with zero attached hydrogens (tertiary/aromatic N) is 1. The molecule has 0 bridgehead atoms. The number of rotatable bonds is 5. The van der Waals surface area contributed by atoms with Gasteiger partial charge in [-0.15, -0.1) is 11.3 Å². The van der Waals surface area contributed by atoms with Crippen LogP contribution in [0.5, 0.6) is 0 Å². The van der Waals surface area contributed by atoms with Crippen LogP contribution in [0.1, 0.15) is 32.2 Å². The van der Waals surface area contributed by atoms with Crippen molar-refractivity contribution in [2.24, 2.45) is 0 Å². The lowest BCUT2D eigenvalue weighted by atomic mass is 10.1. The van der Waals surface area contributed by atoms with Crippen LogP contribution in [0.25, 0.3) is 0 Å².